The van der Waals surface area contributed by atoms with Gasteiger partial charge in [-0.2, -0.15) is 0 Å². The topological polar surface area (TPSA) is 29.5 Å². The van der Waals surface area contributed by atoms with E-state index in [0.717, 1.165) is 18.4 Å². The van der Waals surface area contributed by atoms with Crippen molar-refractivity contribution in [1.29, 1.82) is 0 Å². The summed E-state index contributed by atoms with van der Waals surface area (Å²) >= 11 is 5.75. The van der Waals surface area contributed by atoms with Crippen LogP contribution < -0.4 is 0 Å². The molecule has 0 spiro atoms. The lowest BCUT2D eigenvalue weighted by atomic mass is 10.0. The zero-order valence-electron chi connectivity index (χ0n) is 13.2. The first-order chi connectivity index (χ1) is 10.2. The predicted octanol–water partition coefficient (Wildman–Crippen LogP) is 4.89. The van der Waals surface area contributed by atoms with Gasteiger partial charge in [-0.1, -0.05) is 29.3 Å². The number of benzene rings is 1. The highest BCUT2D eigenvalue weighted by Crippen LogP contribution is 2.23. The number of carbonyl (C=O) groups excluding carboxylic acids is 1. The first-order valence-electron chi connectivity index (χ1n) is 7.37. The molecule has 3 nitrogen and oxygen atoms in total. The van der Waals surface area contributed by atoms with E-state index in [2.05, 4.69) is 0 Å². The number of hydrogen-bond donors (Lipinski definition) is 0. The Morgan fingerprint density at radius 1 is 1.32 bits per heavy atom. The molecule has 22 heavy (non-hydrogen) atoms. The molecule has 2 rings (SSSR count). The minimum absolute atomic E-state index is 0.288. The summed E-state index contributed by atoms with van der Waals surface area (Å²) in [6.45, 7) is 6.74. The van der Waals surface area contributed by atoms with Crippen LogP contribution in [0.2, 0.25) is 5.02 Å². The molecule has 1 aromatic carbocycles. The number of carbonyl (C=O) groups is 1. The van der Waals surface area contributed by atoms with E-state index >= 15 is 0 Å². The lowest BCUT2D eigenvalue weighted by Crippen LogP contribution is -2.40. The molecule has 0 aliphatic carbocycles. The second-order valence-electron chi connectivity index (χ2n) is 6.44. The van der Waals surface area contributed by atoms with E-state index in [1.54, 1.807) is 17.0 Å². The number of nitrogens with zero attached hydrogens (tertiary/aromatic N) is 1. The van der Waals surface area contributed by atoms with Crippen LogP contribution in [0.5, 0.6) is 0 Å². The maximum atomic E-state index is 13.8. The minimum Gasteiger partial charge on any atom is -0.444 e. The van der Waals surface area contributed by atoms with Crippen LogP contribution in [0.4, 0.5) is 9.18 Å². The fourth-order valence-corrected chi connectivity index (χ4v) is 2.44. The highest BCUT2D eigenvalue weighted by Gasteiger charge is 2.24. The van der Waals surface area contributed by atoms with Crippen LogP contribution in [-0.2, 0) is 4.74 Å². The van der Waals surface area contributed by atoms with Gasteiger partial charge in [-0.3, -0.25) is 0 Å². The van der Waals surface area contributed by atoms with Gasteiger partial charge < -0.3 is 9.64 Å². The predicted molar refractivity (Wildman–Crippen MR) is 86.4 cm³/mol. The summed E-state index contributed by atoms with van der Waals surface area (Å²) in [5.74, 6) is -0.324. The van der Waals surface area contributed by atoms with E-state index in [-0.39, 0.29) is 11.9 Å². The van der Waals surface area contributed by atoms with Gasteiger partial charge in [0.2, 0.25) is 0 Å². The maximum Gasteiger partial charge on any atom is 0.410 e. The molecule has 0 radical (unpaired) electrons. The number of halogens is 2. The largest absolute Gasteiger partial charge is 0.444 e. The number of likely N-dealkylation sites (tertiary alicyclic amines) is 1. The number of amides is 1. The van der Waals surface area contributed by atoms with Crippen LogP contribution in [0, 0.1) is 5.82 Å². The second-order valence-corrected chi connectivity index (χ2v) is 6.87. The van der Waals surface area contributed by atoms with Crippen molar-refractivity contribution in [1.82, 2.24) is 4.90 Å². The van der Waals surface area contributed by atoms with Crippen LogP contribution in [0.3, 0.4) is 0 Å². The molecular weight excluding hydrogens is 305 g/mol. The lowest BCUT2D eigenvalue weighted by Gasteiger charge is -2.31. The summed E-state index contributed by atoms with van der Waals surface area (Å²) in [6, 6.07) is 4.65. The van der Waals surface area contributed by atoms with Crippen molar-refractivity contribution in [2.75, 3.05) is 13.1 Å². The molecular formula is C17H21ClFNO2. The Morgan fingerprint density at radius 3 is 2.50 bits per heavy atom. The summed E-state index contributed by atoms with van der Waals surface area (Å²) in [5, 5.41) is 0.388. The highest BCUT2D eigenvalue weighted by molar-refractivity contribution is 6.30. The molecule has 0 saturated carbocycles. The standard InChI is InChI=1S/C17H21ClFNO2/c1-17(2,3)22-16(21)20-8-6-12(7-9-20)10-13-4-5-14(18)11-15(13)19/h4-5,10-11H,6-9H2,1-3H3. The molecule has 1 fully saturated rings. The van der Waals surface area contributed by atoms with Gasteiger partial charge in [0.25, 0.3) is 0 Å². The zero-order chi connectivity index (χ0) is 16.3. The first-order valence-corrected chi connectivity index (χ1v) is 7.75. The molecule has 1 aliphatic heterocycles. The SMILES string of the molecule is CC(C)(C)OC(=O)N1CCC(=Cc2ccc(Cl)cc2F)CC1. The normalized spacial score (nSPS) is 15.7. The Hall–Kier alpha value is -1.55. The summed E-state index contributed by atoms with van der Waals surface area (Å²) in [4.78, 5) is 13.7. The van der Waals surface area contributed by atoms with Crippen molar-refractivity contribution in [2.24, 2.45) is 0 Å². The van der Waals surface area contributed by atoms with Crippen LogP contribution >= 0.6 is 11.6 Å². The van der Waals surface area contributed by atoms with Gasteiger partial charge >= 0.3 is 6.09 Å². The molecule has 0 bridgehead atoms. The minimum atomic E-state index is -0.486. The Kier molecular flexibility index (Phi) is 5.12. The van der Waals surface area contributed by atoms with Crippen LogP contribution in [-0.4, -0.2) is 29.7 Å². The summed E-state index contributed by atoms with van der Waals surface area (Å²) < 4.78 is 19.1. The van der Waals surface area contributed by atoms with Gasteiger partial charge in [0.05, 0.1) is 0 Å². The van der Waals surface area contributed by atoms with E-state index in [0.29, 0.717) is 23.7 Å². The van der Waals surface area contributed by atoms with E-state index in [1.165, 1.54) is 6.07 Å². The number of piperidine rings is 1. The van der Waals surface area contributed by atoms with Gasteiger partial charge in [0.1, 0.15) is 11.4 Å². The summed E-state index contributed by atoms with van der Waals surface area (Å²) in [5.41, 5.74) is 1.17. The van der Waals surface area contributed by atoms with Gasteiger partial charge in [-0.15, -0.1) is 0 Å². The van der Waals surface area contributed by atoms with Crippen molar-refractivity contribution in [3.8, 4) is 0 Å². The third-order valence-corrected chi connectivity index (χ3v) is 3.61. The smallest absolute Gasteiger partial charge is 0.410 e. The van der Waals surface area contributed by atoms with E-state index in [1.807, 2.05) is 26.8 Å². The molecule has 1 aliphatic rings. The Morgan fingerprint density at radius 2 is 1.95 bits per heavy atom. The van der Waals surface area contributed by atoms with E-state index < -0.39 is 5.60 Å². The van der Waals surface area contributed by atoms with Gasteiger partial charge in [-0.05, 0) is 45.7 Å². The fourth-order valence-electron chi connectivity index (χ4n) is 2.29. The fraction of sp³-hybridized carbons (Fsp3) is 0.471. The van der Waals surface area contributed by atoms with E-state index in [4.69, 9.17) is 16.3 Å². The van der Waals surface area contributed by atoms with Gasteiger partial charge in [-0.25, -0.2) is 9.18 Å². The molecule has 1 aromatic rings. The molecule has 1 amide bonds. The highest BCUT2D eigenvalue weighted by atomic mass is 35.5. The number of ether oxygens (including phenoxy) is 1. The van der Waals surface area contributed by atoms with Crippen LogP contribution in [0.15, 0.2) is 23.8 Å². The summed E-state index contributed by atoms with van der Waals surface area (Å²) in [6.07, 6.45) is 3.00. The van der Waals surface area contributed by atoms with Crippen molar-refractivity contribution >= 4 is 23.8 Å². The van der Waals surface area contributed by atoms with Crippen molar-refractivity contribution in [3.63, 3.8) is 0 Å². The van der Waals surface area contributed by atoms with Crippen molar-refractivity contribution < 1.29 is 13.9 Å². The molecule has 1 heterocycles. The third kappa shape index (κ3) is 4.73. The molecule has 1 saturated heterocycles. The average molecular weight is 326 g/mol. The summed E-state index contributed by atoms with van der Waals surface area (Å²) in [7, 11) is 0. The lowest BCUT2D eigenvalue weighted by molar-refractivity contribution is 0.0237. The molecule has 0 N–H and O–H groups in total. The van der Waals surface area contributed by atoms with E-state index in [9.17, 15) is 9.18 Å². The Labute approximate surface area is 135 Å². The Balaban J connectivity index is 1.97. The molecule has 120 valence electrons. The monoisotopic (exact) mass is 325 g/mol. The number of hydrogen-bond acceptors (Lipinski definition) is 2. The third-order valence-electron chi connectivity index (χ3n) is 3.38. The van der Waals surface area contributed by atoms with Crippen molar-refractivity contribution in [2.45, 2.75) is 39.2 Å². The van der Waals surface area contributed by atoms with Crippen LogP contribution in [0.1, 0.15) is 39.2 Å². The van der Waals surface area contributed by atoms with Gasteiger partial charge in [0.15, 0.2) is 0 Å². The van der Waals surface area contributed by atoms with Gasteiger partial charge in [0, 0.05) is 23.7 Å². The first kappa shape index (κ1) is 16.8. The molecule has 0 atom stereocenters. The van der Waals surface area contributed by atoms with Crippen LogP contribution in [0.25, 0.3) is 6.08 Å². The Bertz CT molecular complexity index is 583. The number of rotatable bonds is 1. The molecule has 0 unspecified atom stereocenters. The quantitative estimate of drug-likeness (QED) is 0.735. The molecule has 5 heteroatoms. The second kappa shape index (κ2) is 6.69. The van der Waals surface area contributed by atoms with Crippen molar-refractivity contribution in [3.05, 3.63) is 40.2 Å². The molecule has 0 aromatic heterocycles. The maximum absolute atomic E-state index is 13.8. The zero-order valence-corrected chi connectivity index (χ0v) is 13.9. The average Bonchev–Trinajstić information content (AvgIpc) is 2.41.